The number of imidazole rings is 2. The highest BCUT2D eigenvalue weighted by Gasteiger charge is 2.57. The van der Waals surface area contributed by atoms with Gasteiger partial charge in [0.25, 0.3) is 0 Å². The number of hydrogen-bond donors (Lipinski definition) is 4. The molecule has 9 atom stereocenters. The summed E-state index contributed by atoms with van der Waals surface area (Å²) in [7, 11) is -8.09. The Bertz CT molecular complexity index is 2280. The van der Waals surface area contributed by atoms with Gasteiger partial charge in [-0.2, -0.15) is 0 Å². The molecule has 8 rings (SSSR count). The predicted octanol–water partition coefficient (Wildman–Crippen LogP) is 0.361. The summed E-state index contributed by atoms with van der Waals surface area (Å²) >= 11 is 0. The maximum atomic E-state index is 16.1. The molecule has 1 aromatic carbocycles. The highest BCUT2D eigenvalue weighted by Crippen LogP contribution is 2.51. The molecule has 4 aromatic heterocycles. The molecule has 6 N–H and O–H groups in total. The molecule has 52 heavy (non-hydrogen) atoms. The molecule has 0 amide bonds. The van der Waals surface area contributed by atoms with Crippen molar-refractivity contribution in [2.45, 2.75) is 54.9 Å². The lowest BCUT2D eigenvalue weighted by Gasteiger charge is -2.26. The molecule has 7 heterocycles. The van der Waals surface area contributed by atoms with Crippen LogP contribution in [0.25, 0.3) is 22.3 Å². The minimum atomic E-state index is -5.10. The van der Waals surface area contributed by atoms with E-state index >= 15 is 4.39 Å². The third-order valence-corrected chi connectivity index (χ3v) is 11.8. The van der Waals surface area contributed by atoms with Gasteiger partial charge in [0.15, 0.2) is 41.6 Å². The Hall–Kier alpha value is -4.45. The average Bonchev–Trinajstić information content (AvgIpc) is 3.90. The number of rotatable bonds is 6. The summed E-state index contributed by atoms with van der Waals surface area (Å²) < 4.78 is 97.6. The number of fused-ring (bicyclic) bond motifs is 4. The van der Waals surface area contributed by atoms with Crippen LogP contribution in [-0.2, 0) is 44.5 Å². The minimum absolute atomic E-state index is 0.0275. The van der Waals surface area contributed by atoms with Crippen molar-refractivity contribution in [3.63, 3.8) is 0 Å². The van der Waals surface area contributed by atoms with Gasteiger partial charge in [-0.25, -0.2) is 52.0 Å². The van der Waals surface area contributed by atoms with Crippen LogP contribution in [-0.4, -0.2) is 108 Å². The number of hydrogen-bond acceptors (Lipinski definition) is 17. The molecule has 3 aliphatic rings. The van der Waals surface area contributed by atoms with E-state index < -0.39 is 79.3 Å². The maximum absolute atomic E-state index is 16.1. The average molecular weight is 764 g/mol. The van der Waals surface area contributed by atoms with Crippen LogP contribution in [0.15, 0.2) is 49.6 Å². The molecule has 3 fully saturated rings. The van der Waals surface area contributed by atoms with Crippen LogP contribution in [0.5, 0.6) is 5.75 Å². The number of sulfonamides is 1. The Morgan fingerprint density at radius 3 is 2.21 bits per heavy atom. The zero-order valence-corrected chi connectivity index (χ0v) is 28.7. The summed E-state index contributed by atoms with van der Waals surface area (Å²) in [6, 6.07) is 6.89. The van der Waals surface area contributed by atoms with Crippen molar-refractivity contribution in [2.24, 2.45) is 0 Å². The summed E-state index contributed by atoms with van der Waals surface area (Å²) in [6.07, 6.45) is -5.94. The van der Waals surface area contributed by atoms with Gasteiger partial charge in [-0.05, 0) is 17.7 Å². The summed E-state index contributed by atoms with van der Waals surface area (Å²) in [5.41, 5.74) is 13.2. The second-order valence-corrected chi connectivity index (χ2v) is 15.4. The highest BCUT2D eigenvalue weighted by atomic mass is 32.2. The molecule has 0 spiro atoms. The number of nitrogens with zero attached hydrogens (tertiary/aromatic N) is 8. The topological polar surface area (TPSA) is 278 Å². The lowest BCUT2D eigenvalue weighted by atomic mass is 10.1. The number of alkyl halides is 1. The first-order chi connectivity index (χ1) is 24.9. The predicted molar refractivity (Wildman–Crippen MR) is 175 cm³/mol. The molecule has 0 aliphatic carbocycles. The van der Waals surface area contributed by atoms with E-state index in [9.17, 15) is 17.9 Å². The van der Waals surface area contributed by atoms with Gasteiger partial charge in [0, 0.05) is 6.54 Å². The molecule has 5 aromatic rings. The van der Waals surface area contributed by atoms with Crippen LogP contribution >= 0.6 is 7.82 Å². The van der Waals surface area contributed by atoms with Crippen molar-refractivity contribution in [3.05, 3.63) is 55.1 Å². The van der Waals surface area contributed by atoms with Crippen LogP contribution in [0.3, 0.4) is 0 Å². The summed E-state index contributed by atoms with van der Waals surface area (Å²) in [4.78, 5) is 35.4. The van der Waals surface area contributed by atoms with Crippen molar-refractivity contribution >= 4 is 51.8 Å². The van der Waals surface area contributed by atoms with Crippen LogP contribution in [0, 0.1) is 0 Å². The molecule has 0 bridgehead atoms. The zero-order chi connectivity index (χ0) is 36.4. The maximum Gasteiger partial charge on any atom is 0.472 e. The van der Waals surface area contributed by atoms with E-state index in [1.807, 2.05) is 0 Å². The number of halogens is 1. The van der Waals surface area contributed by atoms with Crippen molar-refractivity contribution in [3.8, 4) is 5.75 Å². The van der Waals surface area contributed by atoms with Gasteiger partial charge in [-0.3, -0.25) is 18.2 Å². The number of benzene rings is 1. The molecule has 0 radical (unpaired) electrons. The highest BCUT2D eigenvalue weighted by molar-refractivity contribution is 7.90. The molecule has 3 aliphatic heterocycles. The number of nitrogens with one attached hydrogen (secondary N) is 1. The number of ether oxygens (including phenoxy) is 4. The Morgan fingerprint density at radius 1 is 0.962 bits per heavy atom. The third-order valence-electron chi connectivity index (χ3n) is 8.98. The van der Waals surface area contributed by atoms with Crippen LogP contribution in [0.4, 0.5) is 16.0 Å². The van der Waals surface area contributed by atoms with Gasteiger partial charge < -0.3 is 35.3 Å². The summed E-state index contributed by atoms with van der Waals surface area (Å²) in [5.74, 6) is 0.693. The Morgan fingerprint density at radius 2 is 1.58 bits per heavy atom. The lowest BCUT2D eigenvalue weighted by Crippen LogP contribution is -2.49. The molecule has 3 saturated heterocycles. The lowest BCUT2D eigenvalue weighted by molar-refractivity contribution is -0.0739. The molecular formula is C28H31FN11O10PS. The van der Waals surface area contributed by atoms with Gasteiger partial charge in [0.05, 0.1) is 33.0 Å². The number of methoxy groups -OCH3 is 1. The van der Waals surface area contributed by atoms with Crippen LogP contribution < -0.4 is 20.9 Å². The third kappa shape index (κ3) is 6.12. The first-order valence-corrected chi connectivity index (χ1v) is 18.7. The fraction of sp³-hybridized carbons (Fsp3) is 0.429. The van der Waals surface area contributed by atoms with Crippen LogP contribution in [0.2, 0.25) is 0 Å². The number of nitrogens with two attached hydrogens (primary N) is 2. The Labute approximate surface area is 293 Å². The quantitative estimate of drug-likeness (QED) is 0.170. The first-order valence-electron chi connectivity index (χ1n) is 15.6. The second-order valence-electron chi connectivity index (χ2n) is 12.1. The van der Waals surface area contributed by atoms with Crippen molar-refractivity contribution in [1.82, 2.24) is 43.8 Å². The molecule has 24 heteroatoms. The molecule has 21 nitrogen and oxygen atoms in total. The molecule has 1 unspecified atom stereocenters. The standard InChI is InChI=1S/C28H31FN11O10PS/c1-45-14-4-2-13(3-5-14)7-46-21-22-16(49-28(21)40-12-37-19-24(31)33-10-35-26(19)40)8-47-51(41,42)50-20-15(6-38-52(22,43)44)48-27(17(20)29)39-11-36-18-23(30)32-9-34-25(18)39/h2-5,9-12,15-17,20-22,27-28,38H,6-8H2,1H3,(H,41,42)(H2,30,32,34)(H2,31,33,35)/t15-,16-,17-,20-,21-,22-,27-,28-/m1/s1. The van der Waals surface area contributed by atoms with Crippen molar-refractivity contribution in [2.75, 3.05) is 31.7 Å². The van der Waals surface area contributed by atoms with Gasteiger partial charge in [0.1, 0.15) is 59.1 Å². The number of anilines is 2. The Kier molecular flexibility index (Phi) is 8.79. The number of nitrogen functional groups attached to an aromatic ring is 2. The van der Waals surface area contributed by atoms with Crippen molar-refractivity contribution < 1.29 is 50.3 Å². The SMILES string of the molecule is COc1ccc(CO[C@@H]2[C@H]3[C@@H](COP(=O)(O)O[C@H]4[C@@H](F)[C@H](n5cnc6c(N)ncnc65)O[C@@H]4CNS3(=O)=O)O[C@H]2n2cnc3c(N)ncnc32)cc1. The summed E-state index contributed by atoms with van der Waals surface area (Å²) in [6.45, 7) is -1.47. The fourth-order valence-electron chi connectivity index (χ4n) is 6.50. The van der Waals surface area contributed by atoms with Gasteiger partial charge in [0.2, 0.25) is 10.0 Å². The van der Waals surface area contributed by atoms with Gasteiger partial charge in [-0.15, -0.1) is 0 Å². The van der Waals surface area contributed by atoms with Crippen LogP contribution in [0.1, 0.15) is 18.0 Å². The van der Waals surface area contributed by atoms with Gasteiger partial charge >= 0.3 is 7.82 Å². The molecular weight excluding hydrogens is 732 g/mol. The van der Waals surface area contributed by atoms with E-state index in [4.69, 9.17) is 39.5 Å². The van der Waals surface area contributed by atoms with E-state index in [0.29, 0.717) is 11.3 Å². The normalized spacial score (nSPS) is 32.0. The fourth-order valence-corrected chi connectivity index (χ4v) is 9.15. The number of phosphoric acid groups is 1. The van der Waals surface area contributed by atoms with E-state index in [1.54, 1.807) is 24.3 Å². The second kappa shape index (κ2) is 13.2. The van der Waals surface area contributed by atoms with Crippen molar-refractivity contribution in [1.29, 1.82) is 0 Å². The number of phosphoric ester groups is 1. The monoisotopic (exact) mass is 763 g/mol. The Balaban J connectivity index is 1.14. The zero-order valence-electron chi connectivity index (χ0n) is 26.9. The minimum Gasteiger partial charge on any atom is -0.497 e. The molecule has 276 valence electrons. The van der Waals surface area contributed by atoms with E-state index in [0.717, 1.165) is 6.33 Å². The summed E-state index contributed by atoms with van der Waals surface area (Å²) in [5, 5.41) is -1.58. The van der Waals surface area contributed by atoms with Gasteiger partial charge in [-0.1, -0.05) is 12.1 Å². The molecule has 0 saturated carbocycles. The van der Waals surface area contributed by atoms with E-state index in [1.165, 1.54) is 35.2 Å². The number of aromatic nitrogens is 8. The largest absolute Gasteiger partial charge is 0.497 e. The first kappa shape index (κ1) is 34.6. The van der Waals surface area contributed by atoms with E-state index in [-0.39, 0.29) is 40.6 Å². The van der Waals surface area contributed by atoms with E-state index in [2.05, 4.69) is 34.6 Å². The smallest absolute Gasteiger partial charge is 0.472 e.